The number of aromatic nitrogens is 2. The molecule has 15 heavy (non-hydrogen) atoms. The fourth-order valence-corrected chi connectivity index (χ4v) is 2.00. The molecule has 5 heteroatoms. The van der Waals surface area contributed by atoms with Crippen molar-refractivity contribution in [3.63, 3.8) is 0 Å². The molecule has 5 nitrogen and oxygen atoms in total. The van der Waals surface area contributed by atoms with E-state index in [1.165, 1.54) is 25.7 Å². The number of aryl methyl sites for hydroxylation is 1. The highest BCUT2D eigenvalue weighted by atomic mass is 15.3. The summed E-state index contributed by atoms with van der Waals surface area (Å²) in [6.45, 7) is 0. The zero-order valence-electron chi connectivity index (χ0n) is 8.98. The Bertz CT molecular complexity index is 348. The van der Waals surface area contributed by atoms with Crippen molar-refractivity contribution >= 4 is 5.84 Å². The molecule has 0 aromatic carbocycles. The molecule has 0 spiro atoms. The highest BCUT2D eigenvalue weighted by Crippen LogP contribution is 2.21. The largest absolute Gasteiger partial charge is 0.307 e. The lowest BCUT2D eigenvalue weighted by Crippen LogP contribution is -2.33. The summed E-state index contributed by atoms with van der Waals surface area (Å²) in [5.74, 6) is 6.23. The van der Waals surface area contributed by atoms with Crippen LogP contribution in [0.15, 0.2) is 17.3 Å². The lowest BCUT2D eigenvalue weighted by atomic mass is 10.2. The second kappa shape index (κ2) is 4.44. The first-order chi connectivity index (χ1) is 7.31. The van der Waals surface area contributed by atoms with E-state index in [0.717, 1.165) is 11.5 Å². The maximum absolute atomic E-state index is 5.49. The number of amidine groups is 1. The molecule has 1 aromatic heterocycles. The number of hydrazine groups is 1. The molecule has 0 amide bonds. The van der Waals surface area contributed by atoms with Gasteiger partial charge in [-0.3, -0.25) is 9.67 Å². The smallest absolute Gasteiger partial charge is 0.161 e. The molecule has 1 saturated carbocycles. The number of nitrogens with zero attached hydrogens (tertiary/aromatic N) is 3. The Hall–Kier alpha value is -1.36. The molecule has 82 valence electrons. The van der Waals surface area contributed by atoms with Crippen LogP contribution in [0.3, 0.4) is 0 Å². The zero-order valence-corrected chi connectivity index (χ0v) is 8.98. The van der Waals surface area contributed by atoms with Crippen LogP contribution in [0.5, 0.6) is 0 Å². The van der Waals surface area contributed by atoms with Gasteiger partial charge < -0.3 is 5.43 Å². The van der Waals surface area contributed by atoms with Crippen molar-refractivity contribution in [2.75, 3.05) is 0 Å². The lowest BCUT2D eigenvalue weighted by molar-refractivity contribution is 0.693. The third-order valence-corrected chi connectivity index (χ3v) is 2.84. The molecule has 3 N–H and O–H groups in total. The van der Waals surface area contributed by atoms with E-state index in [1.807, 2.05) is 13.1 Å². The van der Waals surface area contributed by atoms with Gasteiger partial charge in [0.05, 0.1) is 6.04 Å². The van der Waals surface area contributed by atoms with Gasteiger partial charge in [0.15, 0.2) is 5.84 Å². The Labute approximate surface area is 89.3 Å². The first-order valence-electron chi connectivity index (χ1n) is 5.34. The molecule has 0 radical (unpaired) electrons. The van der Waals surface area contributed by atoms with Crippen molar-refractivity contribution in [2.24, 2.45) is 17.9 Å². The summed E-state index contributed by atoms with van der Waals surface area (Å²) in [5.41, 5.74) is 3.60. The fourth-order valence-electron chi connectivity index (χ4n) is 2.00. The van der Waals surface area contributed by atoms with Crippen LogP contribution in [-0.2, 0) is 7.05 Å². The van der Waals surface area contributed by atoms with Crippen molar-refractivity contribution in [2.45, 2.75) is 31.7 Å². The highest BCUT2D eigenvalue weighted by Gasteiger charge is 2.16. The van der Waals surface area contributed by atoms with Gasteiger partial charge >= 0.3 is 0 Å². The molecule has 0 unspecified atom stereocenters. The molecule has 0 bridgehead atoms. The van der Waals surface area contributed by atoms with Gasteiger partial charge in [-0.15, -0.1) is 0 Å². The van der Waals surface area contributed by atoms with Crippen molar-refractivity contribution in [3.05, 3.63) is 18.0 Å². The second-order valence-electron chi connectivity index (χ2n) is 3.90. The minimum atomic E-state index is 0.422. The number of hydrogen-bond donors (Lipinski definition) is 2. The molecular formula is C10H17N5. The molecule has 1 aromatic rings. The average Bonchev–Trinajstić information content (AvgIpc) is 2.85. The molecule has 0 atom stereocenters. The summed E-state index contributed by atoms with van der Waals surface area (Å²) in [5, 5.41) is 4.10. The van der Waals surface area contributed by atoms with Crippen LogP contribution in [0.2, 0.25) is 0 Å². The van der Waals surface area contributed by atoms with Gasteiger partial charge in [0.25, 0.3) is 0 Å². The van der Waals surface area contributed by atoms with Gasteiger partial charge in [-0.2, -0.15) is 5.10 Å². The van der Waals surface area contributed by atoms with E-state index >= 15 is 0 Å². The summed E-state index contributed by atoms with van der Waals surface area (Å²) in [6.07, 6.45) is 6.64. The molecule has 0 saturated heterocycles. The number of hydrogen-bond acceptors (Lipinski definition) is 3. The van der Waals surface area contributed by atoms with Crippen LogP contribution in [0.25, 0.3) is 0 Å². The Morgan fingerprint density at radius 1 is 1.60 bits per heavy atom. The van der Waals surface area contributed by atoms with Gasteiger partial charge in [-0.1, -0.05) is 12.8 Å². The predicted octanol–water partition coefficient (Wildman–Crippen LogP) is 0.573. The lowest BCUT2D eigenvalue weighted by Gasteiger charge is -2.09. The topological polar surface area (TPSA) is 68.2 Å². The standard InChI is InChI=1S/C10H17N5/c1-15-9(6-7-12-15)10(14-11)13-8-4-2-3-5-8/h6-8H,2-5,11H2,1H3,(H,13,14). The molecular weight excluding hydrogens is 190 g/mol. The summed E-state index contributed by atoms with van der Waals surface area (Å²) in [7, 11) is 1.89. The molecule has 1 aliphatic carbocycles. The van der Waals surface area contributed by atoms with Gasteiger partial charge in [-0.25, -0.2) is 5.84 Å². The van der Waals surface area contributed by atoms with E-state index < -0.39 is 0 Å². The van der Waals surface area contributed by atoms with Crippen molar-refractivity contribution < 1.29 is 0 Å². The van der Waals surface area contributed by atoms with Crippen LogP contribution in [0.1, 0.15) is 31.4 Å². The number of nitrogens with one attached hydrogen (secondary N) is 1. The van der Waals surface area contributed by atoms with Gasteiger partial charge in [0.1, 0.15) is 5.69 Å². The van der Waals surface area contributed by atoms with E-state index in [4.69, 9.17) is 5.84 Å². The summed E-state index contributed by atoms with van der Waals surface area (Å²) in [6, 6.07) is 2.33. The SMILES string of the molecule is Cn1nccc1C(=NC1CCCC1)NN. The van der Waals surface area contributed by atoms with E-state index in [1.54, 1.807) is 10.9 Å². The van der Waals surface area contributed by atoms with Gasteiger partial charge in [-0.05, 0) is 18.9 Å². The van der Waals surface area contributed by atoms with E-state index in [9.17, 15) is 0 Å². The normalized spacial score (nSPS) is 18.4. The Morgan fingerprint density at radius 2 is 2.33 bits per heavy atom. The van der Waals surface area contributed by atoms with Crippen molar-refractivity contribution in [3.8, 4) is 0 Å². The first kappa shape index (κ1) is 10.2. The average molecular weight is 207 g/mol. The third-order valence-electron chi connectivity index (χ3n) is 2.84. The zero-order chi connectivity index (χ0) is 10.7. The van der Waals surface area contributed by atoms with Crippen LogP contribution < -0.4 is 11.3 Å². The van der Waals surface area contributed by atoms with Crippen LogP contribution in [0, 0.1) is 0 Å². The summed E-state index contributed by atoms with van der Waals surface area (Å²) < 4.78 is 1.77. The maximum Gasteiger partial charge on any atom is 0.161 e. The molecule has 2 rings (SSSR count). The summed E-state index contributed by atoms with van der Waals surface area (Å²) in [4.78, 5) is 4.62. The van der Waals surface area contributed by atoms with Crippen LogP contribution >= 0.6 is 0 Å². The first-order valence-corrected chi connectivity index (χ1v) is 5.34. The van der Waals surface area contributed by atoms with Crippen LogP contribution in [-0.4, -0.2) is 21.7 Å². The molecule has 0 aliphatic heterocycles. The number of aliphatic imine (C=N–C) groups is 1. The number of rotatable bonds is 2. The van der Waals surface area contributed by atoms with Crippen molar-refractivity contribution in [1.82, 2.24) is 15.2 Å². The molecule has 1 aliphatic rings. The third kappa shape index (κ3) is 2.18. The van der Waals surface area contributed by atoms with Crippen molar-refractivity contribution in [1.29, 1.82) is 0 Å². The minimum Gasteiger partial charge on any atom is -0.307 e. The van der Waals surface area contributed by atoms with Crippen LogP contribution in [0.4, 0.5) is 0 Å². The Balaban J connectivity index is 2.19. The highest BCUT2D eigenvalue weighted by molar-refractivity contribution is 5.96. The summed E-state index contributed by atoms with van der Waals surface area (Å²) >= 11 is 0. The Morgan fingerprint density at radius 3 is 2.87 bits per heavy atom. The molecule has 1 fully saturated rings. The van der Waals surface area contributed by atoms with E-state index in [-0.39, 0.29) is 0 Å². The van der Waals surface area contributed by atoms with Gasteiger partial charge in [0, 0.05) is 13.2 Å². The second-order valence-corrected chi connectivity index (χ2v) is 3.90. The minimum absolute atomic E-state index is 0.422. The van der Waals surface area contributed by atoms with E-state index in [2.05, 4.69) is 15.5 Å². The monoisotopic (exact) mass is 207 g/mol. The maximum atomic E-state index is 5.49. The van der Waals surface area contributed by atoms with E-state index in [0.29, 0.717) is 6.04 Å². The van der Waals surface area contributed by atoms with Gasteiger partial charge in [0.2, 0.25) is 0 Å². The Kier molecular flexibility index (Phi) is 3.01. The molecule has 1 heterocycles. The number of nitrogens with two attached hydrogens (primary N) is 1. The predicted molar refractivity (Wildman–Crippen MR) is 59.3 cm³/mol. The fraction of sp³-hybridized carbons (Fsp3) is 0.600. The quantitative estimate of drug-likeness (QED) is 0.322.